The number of amides is 1. The number of ether oxygens (including phenoxy) is 1. The zero-order valence-corrected chi connectivity index (χ0v) is 12.1. The van der Waals surface area contributed by atoms with E-state index in [2.05, 4.69) is 12.2 Å². The Morgan fingerprint density at radius 3 is 2.60 bits per heavy atom. The van der Waals surface area contributed by atoms with Crippen molar-refractivity contribution in [3.05, 3.63) is 29.8 Å². The second-order valence-electron chi connectivity index (χ2n) is 4.93. The Morgan fingerprint density at radius 2 is 2.05 bits per heavy atom. The fourth-order valence-electron chi connectivity index (χ4n) is 2.03. The molecule has 1 unspecified atom stereocenters. The summed E-state index contributed by atoms with van der Waals surface area (Å²) < 4.78 is 5.09. The zero-order chi connectivity index (χ0) is 15.0. The second-order valence-corrected chi connectivity index (χ2v) is 4.93. The van der Waals surface area contributed by atoms with E-state index in [1.165, 1.54) is 0 Å². The molecule has 0 fully saturated rings. The van der Waals surface area contributed by atoms with Crippen LogP contribution in [-0.4, -0.2) is 36.8 Å². The molecule has 112 valence electrons. The Balaban J connectivity index is 2.50. The lowest BCUT2D eigenvalue weighted by atomic mass is 10.1. The lowest BCUT2D eigenvalue weighted by molar-refractivity contribution is -0.123. The number of rotatable bonds is 8. The second kappa shape index (κ2) is 8.55. The van der Waals surface area contributed by atoms with Crippen molar-refractivity contribution in [2.24, 2.45) is 5.73 Å². The first-order valence-electron chi connectivity index (χ1n) is 6.89. The van der Waals surface area contributed by atoms with E-state index in [4.69, 9.17) is 10.5 Å². The van der Waals surface area contributed by atoms with E-state index in [0.717, 1.165) is 18.4 Å². The molecule has 1 rings (SSSR count). The molecule has 0 aromatic heterocycles. The van der Waals surface area contributed by atoms with Crippen molar-refractivity contribution in [3.63, 3.8) is 0 Å². The maximum atomic E-state index is 12.0. The van der Waals surface area contributed by atoms with Gasteiger partial charge in [-0.3, -0.25) is 4.79 Å². The van der Waals surface area contributed by atoms with Crippen molar-refractivity contribution in [1.82, 2.24) is 5.32 Å². The van der Waals surface area contributed by atoms with Gasteiger partial charge in [0.2, 0.25) is 5.91 Å². The van der Waals surface area contributed by atoms with Gasteiger partial charge >= 0.3 is 0 Å². The van der Waals surface area contributed by atoms with E-state index < -0.39 is 6.04 Å². The lowest BCUT2D eigenvalue weighted by Crippen LogP contribution is -2.47. The Kier molecular flexibility index (Phi) is 7.04. The standard InChI is InChI=1S/C15H24N2O3/c1-3-4-12(10-20-2)17-15(19)14(16)9-11-5-7-13(18)8-6-11/h5-8,12,14,18H,3-4,9-10,16H2,1-2H3,(H,17,19)/t12?,14-/m1/s1. The molecule has 0 saturated heterocycles. The molecular formula is C15H24N2O3. The number of benzene rings is 1. The van der Waals surface area contributed by atoms with E-state index in [1.807, 2.05) is 0 Å². The highest BCUT2D eigenvalue weighted by molar-refractivity contribution is 5.82. The number of phenols is 1. The number of methoxy groups -OCH3 is 1. The molecule has 4 N–H and O–H groups in total. The molecule has 0 spiro atoms. The topological polar surface area (TPSA) is 84.6 Å². The summed E-state index contributed by atoms with van der Waals surface area (Å²) in [5.41, 5.74) is 6.83. The Hall–Kier alpha value is -1.59. The molecule has 0 aliphatic rings. The average molecular weight is 280 g/mol. The molecule has 20 heavy (non-hydrogen) atoms. The molecule has 5 nitrogen and oxygen atoms in total. The third-order valence-electron chi connectivity index (χ3n) is 3.08. The predicted octanol–water partition coefficient (Wildman–Crippen LogP) is 1.19. The first kappa shape index (κ1) is 16.5. The maximum Gasteiger partial charge on any atom is 0.237 e. The van der Waals surface area contributed by atoms with Crippen LogP contribution in [0.25, 0.3) is 0 Å². The number of nitrogens with one attached hydrogen (secondary N) is 1. The smallest absolute Gasteiger partial charge is 0.237 e. The summed E-state index contributed by atoms with van der Waals surface area (Å²) >= 11 is 0. The van der Waals surface area contributed by atoms with Crippen molar-refractivity contribution in [2.45, 2.75) is 38.3 Å². The van der Waals surface area contributed by atoms with Crippen LogP contribution in [0.15, 0.2) is 24.3 Å². The fraction of sp³-hybridized carbons (Fsp3) is 0.533. The van der Waals surface area contributed by atoms with Gasteiger partial charge in [0.1, 0.15) is 5.75 Å². The normalized spacial score (nSPS) is 13.8. The lowest BCUT2D eigenvalue weighted by Gasteiger charge is -2.20. The third-order valence-corrected chi connectivity index (χ3v) is 3.08. The summed E-state index contributed by atoms with van der Waals surface area (Å²) in [6.45, 7) is 2.55. The molecule has 0 radical (unpaired) electrons. The summed E-state index contributed by atoms with van der Waals surface area (Å²) in [5.74, 6) is 0.0310. The quantitative estimate of drug-likeness (QED) is 0.668. The molecule has 0 heterocycles. The largest absolute Gasteiger partial charge is 0.508 e. The Bertz CT molecular complexity index is 400. The Labute approximate surface area is 120 Å². The summed E-state index contributed by atoms with van der Waals surface area (Å²) in [7, 11) is 1.62. The van der Waals surface area contributed by atoms with Crippen molar-refractivity contribution in [1.29, 1.82) is 0 Å². The summed E-state index contributed by atoms with van der Waals surface area (Å²) in [6, 6.07) is 6.11. The zero-order valence-electron chi connectivity index (χ0n) is 12.1. The van der Waals surface area contributed by atoms with Crippen LogP contribution >= 0.6 is 0 Å². The predicted molar refractivity (Wildman–Crippen MR) is 78.5 cm³/mol. The van der Waals surface area contributed by atoms with Crippen LogP contribution in [0.5, 0.6) is 5.75 Å². The molecule has 1 aromatic carbocycles. The van der Waals surface area contributed by atoms with Crippen molar-refractivity contribution in [3.8, 4) is 5.75 Å². The molecule has 0 bridgehead atoms. The van der Waals surface area contributed by atoms with E-state index in [0.29, 0.717) is 13.0 Å². The number of nitrogens with two attached hydrogens (primary N) is 1. The first-order valence-corrected chi connectivity index (χ1v) is 6.89. The molecule has 1 amide bonds. The minimum atomic E-state index is -0.601. The van der Waals surface area contributed by atoms with E-state index in [9.17, 15) is 9.90 Å². The van der Waals surface area contributed by atoms with Crippen LogP contribution in [0.4, 0.5) is 0 Å². The Morgan fingerprint density at radius 1 is 1.40 bits per heavy atom. The van der Waals surface area contributed by atoms with Gasteiger partial charge in [-0.15, -0.1) is 0 Å². The third kappa shape index (κ3) is 5.59. The number of phenolic OH excluding ortho intramolecular Hbond substituents is 1. The number of aromatic hydroxyl groups is 1. The monoisotopic (exact) mass is 280 g/mol. The summed E-state index contributed by atoms with van der Waals surface area (Å²) in [6.07, 6.45) is 2.28. The van der Waals surface area contributed by atoms with Gasteiger partial charge in [0, 0.05) is 7.11 Å². The minimum absolute atomic E-state index is 0.00312. The molecule has 5 heteroatoms. The van der Waals surface area contributed by atoms with E-state index in [1.54, 1.807) is 31.4 Å². The van der Waals surface area contributed by atoms with E-state index in [-0.39, 0.29) is 17.7 Å². The van der Waals surface area contributed by atoms with Gasteiger partial charge in [0.05, 0.1) is 18.7 Å². The highest BCUT2D eigenvalue weighted by atomic mass is 16.5. The van der Waals surface area contributed by atoms with Gasteiger partial charge in [-0.2, -0.15) is 0 Å². The molecule has 2 atom stereocenters. The number of hydrogen-bond donors (Lipinski definition) is 3. The average Bonchev–Trinajstić information content (AvgIpc) is 2.42. The highest BCUT2D eigenvalue weighted by Gasteiger charge is 2.18. The van der Waals surface area contributed by atoms with E-state index >= 15 is 0 Å². The minimum Gasteiger partial charge on any atom is -0.508 e. The van der Waals surface area contributed by atoms with Crippen molar-refractivity contribution in [2.75, 3.05) is 13.7 Å². The summed E-state index contributed by atoms with van der Waals surface area (Å²) in [4.78, 5) is 12.0. The maximum absolute atomic E-state index is 12.0. The number of carbonyl (C=O) groups excluding carboxylic acids is 1. The molecule has 0 aliphatic carbocycles. The van der Waals surface area contributed by atoms with Crippen LogP contribution in [-0.2, 0) is 16.0 Å². The molecule has 1 aromatic rings. The van der Waals surface area contributed by atoms with Crippen LogP contribution in [0.2, 0.25) is 0 Å². The molecular weight excluding hydrogens is 256 g/mol. The van der Waals surface area contributed by atoms with Crippen LogP contribution in [0.1, 0.15) is 25.3 Å². The van der Waals surface area contributed by atoms with Gasteiger partial charge in [-0.1, -0.05) is 25.5 Å². The van der Waals surface area contributed by atoms with Crippen LogP contribution < -0.4 is 11.1 Å². The van der Waals surface area contributed by atoms with Gasteiger partial charge in [-0.05, 0) is 30.5 Å². The van der Waals surface area contributed by atoms with Gasteiger partial charge in [0.15, 0.2) is 0 Å². The van der Waals surface area contributed by atoms with Gasteiger partial charge in [-0.25, -0.2) is 0 Å². The first-order chi connectivity index (χ1) is 9.56. The number of hydrogen-bond acceptors (Lipinski definition) is 4. The number of carbonyl (C=O) groups is 1. The van der Waals surface area contributed by atoms with Crippen LogP contribution in [0, 0.1) is 0 Å². The summed E-state index contributed by atoms with van der Waals surface area (Å²) in [5, 5.41) is 12.1. The van der Waals surface area contributed by atoms with Crippen LogP contribution in [0.3, 0.4) is 0 Å². The molecule has 0 aliphatic heterocycles. The highest BCUT2D eigenvalue weighted by Crippen LogP contribution is 2.11. The van der Waals surface area contributed by atoms with Crippen molar-refractivity contribution >= 4 is 5.91 Å². The van der Waals surface area contributed by atoms with Crippen molar-refractivity contribution < 1.29 is 14.6 Å². The molecule has 0 saturated carbocycles. The van der Waals surface area contributed by atoms with Gasteiger partial charge < -0.3 is 20.9 Å². The fourth-order valence-corrected chi connectivity index (χ4v) is 2.03. The van der Waals surface area contributed by atoms with Gasteiger partial charge in [0.25, 0.3) is 0 Å². The SMILES string of the molecule is CCCC(COC)NC(=O)[C@H](N)Cc1ccc(O)cc1.